The number of amides is 1. The van der Waals surface area contributed by atoms with E-state index in [1.54, 1.807) is 24.1 Å². The average Bonchev–Trinajstić information content (AvgIpc) is 2.71. The maximum absolute atomic E-state index is 12.1. The Labute approximate surface area is 101 Å². The fourth-order valence-corrected chi connectivity index (χ4v) is 2.16. The standard InChI is InChI=1S/C13H15N3O/c1-9-3-4-10(8-14)7-12(9)16-6-5-11(15-2)13(16)17/h3-4,7,11,15H,5-6H2,1-2H3. The molecule has 1 N–H and O–H groups in total. The monoisotopic (exact) mass is 229 g/mol. The van der Waals surface area contributed by atoms with Crippen LogP contribution in [0.5, 0.6) is 0 Å². The molecule has 1 unspecified atom stereocenters. The minimum absolute atomic E-state index is 0.0886. The van der Waals surface area contributed by atoms with E-state index in [1.807, 2.05) is 13.0 Å². The SMILES string of the molecule is CNC1CCN(c2cc(C#N)ccc2C)C1=O. The van der Waals surface area contributed by atoms with Crippen molar-refractivity contribution in [3.63, 3.8) is 0 Å². The van der Waals surface area contributed by atoms with Crippen LogP contribution >= 0.6 is 0 Å². The molecule has 1 amide bonds. The van der Waals surface area contributed by atoms with Crippen LogP contribution in [-0.4, -0.2) is 25.5 Å². The van der Waals surface area contributed by atoms with E-state index in [9.17, 15) is 4.79 Å². The number of hydrogen-bond acceptors (Lipinski definition) is 3. The highest BCUT2D eigenvalue weighted by atomic mass is 16.2. The Hall–Kier alpha value is -1.86. The van der Waals surface area contributed by atoms with Crippen LogP contribution in [0.15, 0.2) is 18.2 Å². The van der Waals surface area contributed by atoms with Crippen LogP contribution in [0.3, 0.4) is 0 Å². The molecule has 4 heteroatoms. The Balaban J connectivity index is 2.35. The lowest BCUT2D eigenvalue weighted by Gasteiger charge is -2.19. The van der Waals surface area contributed by atoms with Gasteiger partial charge in [0.25, 0.3) is 0 Å². The third-order valence-electron chi connectivity index (χ3n) is 3.18. The second-order valence-corrected chi connectivity index (χ2v) is 4.23. The zero-order chi connectivity index (χ0) is 12.4. The highest BCUT2D eigenvalue weighted by Gasteiger charge is 2.31. The Morgan fingerprint density at radius 2 is 2.29 bits per heavy atom. The van der Waals surface area contributed by atoms with E-state index in [4.69, 9.17) is 5.26 Å². The Morgan fingerprint density at radius 3 is 2.88 bits per heavy atom. The van der Waals surface area contributed by atoms with E-state index in [0.29, 0.717) is 12.1 Å². The number of benzene rings is 1. The Kier molecular flexibility index (Phi) is 3.12. The van der Waals surface area contributed by atoms with Crippen molar-refractivity contribution in [2.75, 3.05) is 18.5 Å². The lowest BCUT2D eigenvalue weighted by atomic mass is 10.1. The van der Waals surface area contributed by atoms with Crippen molar-refractivity contribution in [2.24, 2.45) is 0 Å². The summed E-state index contributed by atoms with van der Waals surface area (Å²) < 4.78 is 0. The molecule has 0 spiro atoms. The van der Waals surface area contributed by atoms with Gasteiger partial charge >= 0.3 is 0 Å². The lowest BCUT2D eigenvalue weighted by Crippen LogP contribution is -2.36. The molecule has 1 aliphatic rings. The van der Waals surface area contributed by atoms with Crippen LogP contribution in [-0.2, 0) is 4.79 Å². The van der Waals surface area contributed by atoms with E-state index >= 15 is 0 Å². The Morgan fingerprint density at radius 1 is 1.53 bits per heavy atom. The summed E-state index contributed by atoms with van der Waals surface area (Å²) in [7, 11) is 1.80. The minimum atomic E-state index is -0.0971. The summed E-state index contributed by atoms with van der Waals surface area (Å²) in [6.45, 7) is 2.66. The third-order valence-corrected chi connectivity index (χ3v) is 3.18. The molecule has 0 bridgehead atoms. The number of rotatable bonds is 2. The van der Waals surface area contributed by atoms with E-state index in [-0.39, 0.29) is 11.9 Å². The number of anilines is 1. The van der Waals surface area contributed by atoms with E-state index < -0.39 is 0 Å². The van der Waals surface area contributed by atoms with Crippen LogP contribution in [0, 0.1) is 18.3 Å². The van der Waals surface area contributed by atoms with Crippen molar-refractivity contribution in [3.8, 4) is 6.07 Å². The number of nitrogens with one attached hydrogen (secondary N) is 1. The maximum Gasteiger partial charge on any atom is 0.244 e. The van der Waals surface area contributed by atoms with Gasteiger partial charge in [-0.2, -0.15) is 5.26 Å². The lowest BCUT2D eigenvalue weighted by molar-refractivity contribution is -0.118. The first kappa shape index (κ1) is 11.6. The number of nitriles is 1. The van der Waals surface area contributed by atoms with Crippen LogP contribution in [0.25, 0.3) is 0 Å². The van der Waals surface area contributed by atoms with Gasteiger partial charge in [0.1, 0.15) is 0 Å². The smallest absolute Gasteiger partial charge is 0.244 e. The average molecular weight is 229 g/mol. The number of aryl methyl sites for hydroxylation is 1. The third kappa shape index (κ3) is 2.02. The van der Waals surface area contributed by atoms with Gasteiger partial charge in [-0.3, -0.25) is 4.79 Å². The van der Waals surface area contributed by atoms with E-state index in [0.717, 1.165) is 17.7 Å². The zero-order valence-corrected chi connectivity index (χ0v) is 10.0. The summed E-state index contributed by atoms with van der Waals surface area (Å²) in [5, 5.41) is 11.9. The molecule has 0 aliphatic carbocycles. The topological polar surface area (TPSA) is 56.1 Å². The van der Waals surface area contributed by atoms with Gasteiger partial charge in [0.2, 0.25) is 5.91 Å². The molecule has 1 saturated heterocycles. The molecule has 1 heterocycles. The summed E-state index contributed by atoms with van der Waals surface area (Å²) in [4.78, 5) is 13.8. The van der Waals surface area contributed by atoms with Gasteiger partial charge in [0.05, 0.1) is 17.7 Å². The molecule has 1 fully saturated rings. The quantitative estimate of drug-likeness (QED) is 0.828. The van der Waals surface area contributed by atoms with Crippen molar-refractivity contribution in [3.05, 3.63) is 29.3 Å². The molecule has 1 aliphatic heterocycles. The first-order valence-corrected chi connectivity index (χ1v) is 5.66. The molecule has 0 aromatic heterocycles. The molecular weight excluding hydrogens is 214 g/mol. The van der Waals surface area contributed by atoms with Crippen molar-refractivity contribution in [1.29, 1.82) is 5.26 Å². The highest BCUT2D eigenvalue weighted by Crippen LogP contribution is 2.26. The summed E-state index contributed by atoms with van der Waals surface area (Å²) in [6.07, 6.45) is 0.811. The number of nitrogens with zero attached hydrogens (tertiary/aromatic N) is 2. The summed E-state index contributed by atoms with van der Waals surface area (Å²) in [5.74, 6) is 0.0886. The molecule has 2 rings (SSSR count). The molecule has 4 nitrogen and oxygen atoms in total. The van der Waals surface area contributed by atoms with Gasteiger partial charge in [0, 0.05) is 12.2 Å². The van der Waals surface area contributed by atoms with Crippen molar-refractivity contribution < 1.29 is 4.79 Å². The number of carbonyl (C=O) groups is 1. The van der Waals surface area contributed by atoms with Crippen LogP contribution in [0.4, 0.5) is 5.69 Å². The molecular formula is C13H15N3O. The Bertz CT molecular complexity index is 490. The van der Waals surface area contributed by atoms with Gasteiger partial charge in [-0.15, -0.1) is 0 Å². The molecule has 0 radical (unpaired) electrons. The highest BCUT2D eigenvalue weighted by molar-refractivity contribution is 6.00. The molecule has 0 saturated carbocycles. The van der Waals surface area contributed by atoms with Crippen molar-refractivity contribution in [2.45, 2.75) is 19.4 Å². The number of likely N-dealkylation sites (N-methyl/N-ethyl adjacent to an activating group) is 1. The first-order valence-electron chi connectivity index (χ1n) is 5.66. The molecule has 1 aromatic carbocycles. The largest absolute Gasteiger partial charge is 0.311 e. The molecule has 88 valence electrons. The second kappa shape index (κ2) is 4.56. The predicted octanol–water partition coefficient (Wildman–Crippen LogP) is 1.19. The van der Waals surface area contributed by atoms with Gasteiger partial charge in [-0.1, -0.05) is 6.07 Å². The summed E-state index contributed by atoms with van der Waals surface area (Å²) >= 11 is 0. The first-order chi connectivity index (χ1) is 8.17. The predicted molar refractivity (Wildman–Crippen MR) is 65.7 cm³/mol. The van der Waals surface area contributed by atoms with Crippen LogP contribution in [0.1, 0.15) is 17.5 Å². The molecule has 1 atom stereocenters. The zero-order valence-electron chi connectivity index (χ0n) is 10.0. The number of carbonyl (C=O) groups excluding carboxylic acids is 1. The number of hydrogen-bond donors (Lipinski definition) is 1. The van der Waals surface area contributed by atoms with E-state index in [1.165, 1.54) is 0 Å². The molecule has 1 aromatic rings. The van der Waals surface area contributed by atoms with Gasteiger partial charge in [-0.05, 0) is 38.1 Å². The minimum Gasteiger partial charge on any atom is -0.311 e. The molecule has 17 heavy (non-hydrogen) atoms. The van der Waals surface area contributed by atoms with E-state index in [2.05, 4.69) is 11.4 Å². The van der Waals surface area contributed by atoms with Crippen molar-refractivity contribution >= 4 is 11.6 Å². The fraction of sp³-hybridized carbons (Fsp3) is 0.385. The van der Waals surface area contributed by atoms with Gasteiger partial charge in [0.15, 0.2) is 0 Å². The fourth-order valence-electron chi connectivity index (χ4n) is 2.16. The van der Waals surface area contributed by atoms with Crippen LogP contribution < -0.4 is 10.2 Å². The van der Waals surface area contributed by atoms with Gasteiger partial charge < -0.3 is 10.2 Å². The summed E-state index contributed by atoms with van der Waals surface area (Å²) in [5.41, 5.74) is 2.47. The second-order valence-electron chi connectivity index (χ2n) is 4.23. The normalized spacial score (nSPS) is 19.5. The van der Waals surface area contributed by atoms with Crippen molar-refractivity contribution in [1.82, 2.24) is 5.32 Å². The summed E-state index contributed by atoms with van der Waals surface area (Å²) in [6, 6.07) is 7.45. The van der Waals surface area contributed by atoms with Crippen LogP contribution in [0.2, 0.25) is 0 Å². The van der Waals surface area contributed by atoms with Gasteiger partial charge in [-0.25, -0.2) is 0 Å². The maximum atomic E-state index is 12.1.